The molecule has 2 rings (SSSR count). The summed E-state index contributed by atoms with van der Waals surface area (Å²) >= 11 is 0. The van der Waals surface area contributed by atoms with Gasteiger partial charge in [-0.3, -0.25) is 14.8 Å². The second-order valence-corrected chi connectivity index (χ2v) is 5.58. The Hall–Kier alpha value is -3.42. The molecule has 0 bridgehead atoms. The number of aromatic hydroxyl groups is 1. The van der Waals surface area contributed by atoms with Gasteiger partial charge >= 0.3 is 0 Å². The molecule has 0 heterocycles. The molecule has 7 heteroatoms. The molecule has 0 radical (unpaired) electrons. The maximum absolute atomic E-state index is 10.6. The zero-order chi connectivity index (χ0) is 22.7. The molecule has 2 N–H and O–H groups in total. The quantitative estimate of drug-likeness (QED) is 0.337. The summed E-state index contributed by atoms with van der Waals surface area (Å²) in [5.41, 5.74) is 2.40. The third kappa shape index (κ3) is 17.7. The standard InChI is InChI=1S/C11H12O3.C7H6O2.C3H6O.CH2O/c1-9(12)2-3-10-4-6-11(7-5-10)8-14-13;8-5-6-1-3-7(9)4-2-6;1-3(2)4;1-2/h2-7,13H,8H2,1H3;1-5,9H;1-2H3;1H2/b3-2+;;;. The van der Waals surface area contributed by atoms with Crippen LogP contribution in [-0.2, 0) is 25.9 Å². The summed E-state index contributed by atoms with van der Waals surface area (Å²) in [6.07, 6.45) is 3.99. The number of Topliss-reactive ketones (excluding diaryl/α,β-unsaturated/α-hetero) is 1. The van der Waals surface area contributed by atoms with Gasteiger partial charge in [-0.2, -0.15) is 0 Å². The van der Waals surface area contributed by atoms with E-state index in [2.05, 4.69) is 4.89 Å². The molecule has 29 heavy (non-hydrogen) atoms. The van der Waals surface area contributed by atoms with Crippen LogP contribution < -0.4 is 0 Å². The van der Waals surface area contributed by atoms with Gasteiger partial charge in [-0.25, -0.2) is 4.89 Å². The Kier molecular flexibility index (Phi) is 17.2. The predicted octanol–water partition coefficient (Wildman–Crippen LogP) is 3.89. The van der Waals surface area contributed by atoms with E-state index in [1.165, 1.54) is 39.0 Å². The smallest absolute Gasteiger partial charge is 0.152 e. The minimum Gasteiger partial charge on any atom is -0.508 e. The number of allylic oxidation sites excluding steroid dienone is 1. The molecule has 0 aromatic heterocycles. The summed E-state index contributed by atoms with van der Waals surface area (Å²) in [6.45, 7) is 6.74. The lowest BCUT2D eigenvalue weighted by Gasteiger charge is -1.98. The Morgan fingerprint density at radius 1 is 0.931 bits per heavy atom. The second-order valence-electron chi connectivity index (χ2n) is 5.58. The predicted molar refractivity (Wildman–Crippen MR) is 111 cm³/mol. The molecule has 0 aliphatic carbocycles. The summed E-state index contributed by atoms with van der Waals surface area (Å²) in [4.78, 5) is 42.1. The van der Waals surface area contributed by atoms with Crippen LogP contribution >= 0.6 is 0 Å². The number of carbonyl (C=O) groups is 4. The molecule has 0 atom stereocenters. The van der Waals surface area contributed by atoms with Crippen LogP contribution in [0.1, 0.15) is 42.3 Å². The molecule has 0 aliphatic heterocycles. The highest BCUT2D eigenvalue weighted by Crippen LogP contribution is 2.07. The number of hydrogen-bond acceptors (Lipinski definition) is 7. The lowest BCUT2D eigenvalue weighted by Crippen LogP contribution is -1.87. The highest BCUT2D eigenvalue weighted by atomic mass is 17.1. The van der Waals surface area contributed by atoms with Crippen molar-refractivity contribution in [1.29, 1.82) is 0 Å². The number of phenols is 1. The van der Waals surface area contributed by atoms with Crippen LogP contribution in [0, 0.1) is 0 Å². The molecule has 0 aliphatic rings. The van der Waals surface area contributed by atoms with Gasteiger partial charge in [0.05, 0.1) is 0 Å². The summed E-state index contributed by atoms with van der Waals surface area (Å²) in [7, 11) is 0. The zero-order valence-electron chi connectivity index (χ0n) is 16.7. The molecule has 2 aromatic rings. The Morgan fingerprint density at radius 2 is 1.38 bits per heavy atom. The Bertz CT molecular complexity index is 744. The van der Waals surface area contributed by atoms with Gasteiger partial charge in [0.2, 0.25) is 0 Å². The van der Waals surface area contributed by atoms with E-state index in [1.807, 2.05) is 31.1 Å². The topological polar surface area (TPSA) is 118 Å². The normalized spacial score (nSPS) is 8.97. The van der Waals surface area contributed by atoms with Gasteiger partial charge in [0.1, 0.15) is 31.2 Å². The van der Waals surface area contributed by atoms with Gasteiger partial charge in [0.15, 0.2) is 5.78 Å². The average molecular weight is 402 g/mol. The van der Waals surface area contributed by atoms with Gasteiger partial charge in [0, 0.05) is 5.56 Å². The van der Waals surface area contributed by atoms with Gasteiger partial charge in [-0.05, 0) is 62.2 Å². The van der Waals surface area contributed by atoms with E-state index in [0.717, 1.165) is 17.4 Å². The molecule has 0 amide bonds. The molecule has 7 nitrogen and oxygen atoms in total. The van der Waals surface area contributed by atoms with Gasteiger partial charge < -0.3 is 14.7 Å². The lowest BCUT2D eigenvalue weighted by atomic mass is 10.1. The molecular weight excluding hydrogens is 376 g/mol. The zero-order valence-corrected chi connectivity index (χ0v) is 16.7. The monoisotopic (exact) mass is 402 g/mol. The number of phenolic OH excluding ortho intramolecular Hbond substituents is 1. The summed E-state index contributed by atoms with van der Waals surface area (Å²) in [5, 5.41) is 16.9. The van der Waals surface area contributed by atoms with Crippen LogP contribution in [0.3, 0.4) is 0 Å². The fourth-order valence-corrected chi connectivity index (χ4v) is 1.57. The first kappa shape index (κ1) is 27.8. The third-order valence-corrected chi connectivity index (χ3v) is 2.75. The first-order valence-electron chi connectivity index (χ1n) is 8.32. The number of carbonyl (C=O) groups excluding carboxylic acids is 4. The maximum atomic E-state index is 10.6. The summed E-state index contributed by atoms with van der Waals surface area (Å²) in [5.74, 6) is 0.369. The number of hydrogen-bond donors (Lipinski definition) is 2. The van der Waals surface area contributed by atoms with Gasteiger partial charge in [-0.15, -0.1) is 0 Å². The first-order chi connectivity index (χ1) is 13.8. The minimum absolute atomic E-state index is 0.0211. The molecular formula is C22H26O7. The SMILES string of the molecule is C=O.CC(=O)/C=C/c1ccc(COO)cc1.CC(C)=O.O=Cc1ccc(O)cc1. The molecule has 156 valence electrons. The highest BCUT2D eigenvalue weighted by Gasteiger charge is 1.92. The molecule has 0 saturated heterocycles. The van der Waals surface area contributed by atoms with E-state index in [0.29, 0.717) is 5.56 Å². The maximum Gasteiger partial charge on any atom is 0.152 e. The van der Waals surface area contributed by atoms with Crippen LogP contribution in [0.15, 0.2) is 54.6 Å². The van der Waals surface area contributed by atoms with Crippen LogP contribution in [0.25, 0.3) is 6.08 Å². The van der Waals surface area contributed by atoms with Crippen LogP contribution in [0.5, 0.6) is 5.75 Å². The summed E-state index contributed by atoms with van der Waals surface area (Å²) in [6, 6.07) is 13.4. The second kappa shape index (κ2) is 18.0. The van der Waals surface area contributed by atoms with Crippen molar-refractivity contribution in [2.24, 2.45) is 0 Å². The fourth-order valence-electron chi connectivity index (χ4n) is 1.57. The van der Waals surface area contributed by atoms with Gasteiger partial charge in [-0.1, -0.05) is 30.3 Å². The van der Waals surface area contributed by atoms with E-state index in [9.17, 15) is 14.4 Å². The fraction of sp³-hybridized carbons (Fsp3) is 0.182. The minimum atomic E-state index is 0.0211. The van der Waals surface area contributed by atoms with Crippen molar-refractivity contribution in [2.75, 3.05) is 0 Å². The molecule has 0 saturated carbocycles. The van der Waals surface area contributed by atoms with Crippen molar-refractivity contribution in [3.63, 3.8) is 0 Å². The van der Waals surface area contributed by atoms with Crippen molar-refractivity contribution >= 4 is 30.7 Å². The van der Waals surface area contributed by atoms with E-state index in [4.69, 9.17) is 15.2 Å². The van der Waals surface area contributed by atoms with Crippen molar-refractivity contribution in [2.45, 2.75) is 27.4 Å². The van der Waals surface area contributed by atoms with E-state index in [1.54, 1.807) is 18.2 Å². The third-order valence-electron chi connectivity index (χ3n) is 2.75. The number of rotatable bonds is 5. The molecule has 0 fully saturated rings. The van der Waals surface area contributed by atoms with Crippen molar-refractivity contribution in [3.05, 3.63) is 71.3 Å². The molecule has 0 unspecified atom stereocenters. The Balaban J connectivity index is 0. The average Bonchev–Trinajstić information content (AvgIpc) is 2.70. The first-order valence-corrected chi connectivity index (χ1v) is 8.32. The number of aldehydes is 1. The highest BCUT2D eigenvalue weighted by molar-refractivity contribution is 5.91. The van der Waals surface area contributed by atoms with E-state index in [-0.39, 0.29) is 23.9 Å². The van der Waals surface area contributed by atoms with Crippen LogP contribution in [0.2, 0.25) is 0 Å². The Labute approximate surface area is 170 Å². The van der Waals surface area contributed by atoms with E-state index >= 15 is 0 Å². The van der Waals surface area contributed by atoms with Crippen LogP contribution in [0.4, 0.5) is 0 Å². The van der Waals surface area contributed by atoms with Crippen molar-refractivity contribution in [3.8, 4) is 5.75 Å². The van der Waals surface area contributed by atoms with E-state index < -0.39 is 0 Å². The van der Waals surface area contributed by atoms with Crippen molar-refractivity contribution < 1.29 is 34.4 Å². The molecule has 2 aromatic carbocycles. The van der Waals surface area contributed by atoms with Crippen LogP contribution in [-0.4, -0.2) is 35.0 Å². The Morgan fingerprint density at radius 3 is 1.76 bits per heavy atom. The van der Waals surface area contributed by atoms with Crippen molar-refractivity contribution in [1.82, 2.24) is 0 Å². The lowest BCUT2D eigenvalue weighted by molar-refractivity contribution is -0.253. The number of ketones is 2. The largest absolute Gasteiger partial charge is 0.508 e. The molecule has 0 spiro atoms. The van der Waals surface area contributed by atoms with Gasteiger partial charge in [0.25, 0.3) is 0 Å². The summed E-state index contributed by atoms with van der Waals surface area (Å²) < 4.78 is 0. The number of benzene rings is 2.